The maximum atomic E-state index is 12.2. The molecule has 27 heavy (non-hydrogen) atoms. The Bertz CT molecular complexity index is 675. The quantitative estimate of drug-likeness (QED) is 0.796. The van der Waals surface area contributed by atoms with E-state index >= 15 is 0 Å². The Balaban J connectivity index is 1.58. The van der Waals surface area contributed by atoms with Crippen LogP contribution >= 0.6 is 0 Å². The zero-order chi connectivity index (χ0) is 19.6. The molecule has 0 bridgehead atoms. The van der Waals surface area contributed by atoms with Crippen LogP contribution in [0.2, 0.25) is 0 Å². The van der Waals surface area contributed by atoms with Gasteiger partial charge in [-0.25, -0.2) is 9.78 Å². The van der Waals surface area contributed by atoms with Crippen molar-refractivity contribution in [2.45, 2.75) is 52.2 Å². The third-order valence-electron chi connectivity index (χ3n) is 5.07. The molecule has 0 saturated carbocycles. The first kappa shape index (κ1) is 19.5. The highest BCUT2D eigenvalue weighted by Crippen LogP contribution is 2.32. The van der Waals surface area contributed by atoms with Crippen LogP contribution in [0.25, 0.3) is 0 Å². The number of piperazine rings is 1. The first-order valence-corrected chi connectivity index (χ1v) is 9.70. The maximum absolute atomic E-state index is 12.2. The van der Waals surface area contributed by atoms with Gasteiger partial charge in [-0.15, -0.1) is 0 Å². The summed E-state index contributed by atoms with van der Waals surface area (Å²) in [5.41, 5.74) is 0.624. The number of likely N-dealkylation sites (tertiary alicyclic amines) is 1. The summed E-state index contributed by atoms with van der Waals surface area (Å²) in [6.07, 6.45) is 3.67. The Labute approximate surface area is 161 Å². The molecule has 0 N–H and O–H groups in total. The molecule has 148 valence electrons. The van der Waals surface area contributed by atoms with Crippen LogP contribution in [0.15, 0.2) is 18.3 Å². The third-order valence-corrected chi connectivity index (χ3v) is 5.07. The van der Waals surface area contributed by atoms with E-state index in [2.05, 4.69) is 16.0 Å². The number of carbonyl (C=O) groups is 2. The number of anilines is 1. The van der Waals surface area contributed by atoms with Crippen LogP contribution in [0.3, 0.4) is 0 Å². The molecule has 1 aromatic rings. The number of aromatic nitrogens is 1. The maximum Gasteiger partial charge on any atom is 0.410 e. The Morgan fingerprint density at radius 2 is 1.81 bits per heavy atom. The Kier molecular flexibility index (Phi) is 5.58. The lowest BCUT2D eigenvalue weighted by molar-refractivity contribution is -0.129. The van der Waals surface area contributed by atoms with Crippen molar-refractivity contribution in [3.05, 3.63) is 23.9 Å². The summed E-state index contributed by atoms with van der Waals surface area (Å²) in [7, 11) is 0. The summed E-state index contributed by atoms with van der Waals surface area (Å²) in [5, 5.41) is 0. The molecule has 7 heteroatoms. The molecule has 1 atom stereocenters. The van der Waals surface area contributed by atoms with E-state index < -0.39 is 5.60 Å². The van der Waals surface area contributed by atoms with Gasteiger partial charge in [0, 0.05) is 45.8 Å². The molecule has 0 aromatic carbocycles. The molecule has 3 rings (SSSR count). The number of pyridine rings is 1. The van der Waals surface area contributed by atoms with Crippen LogP contribution in [-0.2, 0) is 9.53 Å². The van der Waals surface area contributed by atoms with E-state index in [1.54, 1.807) is 11.8 Å². The summed E-state index contributed by atoms with van der Waals surface area (Å²) in [6.45, 7) is 10.8. The molecule has 0 unspecified atom stereocenters. The van der Waals surface area contributed by atoms with Gasteiger partial charge in [0.05, 0.1) is 6.04 Å². The Hall–Kier alpha value is -2.31. The monoisotopic (exact) mass is 374 g/mol. The minimum Gasteiger partial charge on any atom is -0.444 e. The largest absolute Gasteiger partial charge is 0.444 e. The predicted molar refractivity (Wildman–Crippen MR) is 104 cm³/mol. The zero-order valence-electron chi connectivity index (χ0n) is 16.8. The number of hydrogen-bond donors (Lipinski definition) is 0. The van der Waals surface area contributed by atoms with Gasteiger partial charge in [-0.1, -0.05) is 6.07 Å². The fourth-order valence-corrected chi connectivity index (χ4v) is 3.72. The summed E-state index contributed by atoms with van der Waals surface area (Å²) in [4.78, 5) is 34.4. The van der Waals surface area contributed by atoms with E-state index in [9.17, 15) is 9.59 Å². The lowest BCUT2D eigenvalue weighted by Crippen LogP contribution is -2.50. The van der Waals surface area contributed by atoms with Crippen molar-refractivity contribution in [2.75, 3.05) is 37.6 Å². The molecule has 0 radical (unpaired) electrons. The number of ether oxygens (including phenoxy) is 1. The SMILES string of the molecule is CC(=O)N1CCC[C@H]1c1ccc(N2CCN(C(=O)OC(C)(C)C)CC2)nc1. The predicted octanol–water partition coefficient (Wildman–Crippen LogP) is 2.82. The summed E-state index contributed by atoms with van der Waals surface area (Å²) >= 11 is 0. The lowest BCUT2D eigenvalue weighted by atomic mass is 10.1. The normalized spacial score (nSPS) is 20.7. The molecular formula is C20H30N4O3. The van der Waals surface area contributed by atoms with E-state index in [0.29, 0.717) is 13.1 Å². The first-order chi connectivity index (χ1) is 12.7. The van der Waals surface area contributed by atoms with Crippen LogP contribution < -0.4 is 4.90 Å². The van der Waals surface area contributed by atoms with Gasteiger partial charge in [-0.2, -0.15) is 0 Å². The lowest BCUT2D eigenvalue weighted by Gasteiger charge is -2.36. The van der Waals surface area contributed by atoms with Crippen molar-refractivity contribution in [1.29, 1.82) is 0 Å². The minimum atomic E-state index is -0.473. The second-order valence-corrected chi connectivity index (χ2v) is 8.27. The van der Waals surface area contributed by atoms with E-state index in [1.807, 2.05) is 37.9 Å². The second kappa shape index (κ2) is 7.74. The van der Waals surface area contributed by atoms with Crippen LogP contribution in [0, 0.1) is 0 Å². The zero-order valence-corrected chi connectivity index (χ0v) is 16.8. The fourth-order valence-electron chi connectivity index (χ4n) is 3.72. The molecule has 3 heterocycles. The average molecular weight is 374 g/mol. The number of rotatable bonds is 2. The van der Waals surface area contributed by atoms with Crippen LogP contribution in [0.4, 0.5) is 10.6 Å². The van der Waals surface area contributed by atoms with Crippen LogP contribution in [0.5, 0.6) is 0 Å². The highest BCUT2D eigenvalue weighted by atomic mass is 16.6. The molecule has 7 nitrogen and oxygen atoms in total. The molecule has 2 fully saturated rings. The van der Waals surface area contributed by atoms with Crippen molar-refractivity contribution in [3.63, 3.8) is 0 Å². The van der Waals surface area contributed by atoms with Gasteiger partial charge in [0.2, 0.25) is 5.91 Å². The van der Waals surface area contributed by atoms with Gasteiger partial charge in [0.15, 0.2) is 0 Å². The minimum absolute atomic E-state index is 0.125. The van der Waals surface area contributed by atoms with Crippen LogP contribution in [0.1, 0.15) is 52.1 Å². The summed E-state index contributed by atoms with van der Waals surface area (Å²) in [6, 6.07) is 4.25. The van der Waals surface area contributed by atoms with Crippen LogP contribution in [-0.4, -0.2) is 65.1 Å². The van der Waals surface area contributed by atoms with Gasteiger partial charge in [0.1, 0.15) is 11.4 Å². The molecule has 0 aliphatic carbocycles. The van der Waals surface area contributed by atoms with Gasteiger partial charge in [-0.05, 0) is 45.2 Å². The third kappa shape index (κ3) is 4.70. The number of nitrogens with zero attached hydrogens (tertiary/aromatic N) is 4. The van der Waals surface area contributed by atoms with Crippen molar-refractivity contribution in [2.24, 2.45) is 0 Å². The van der Waals surface area contributed by atoms with Gasteiger partial charge in [0.25, 0.3) is 0 Å². The molecular weight excluding hydrogens is 344 g/mol. The Morgan fingerprint density at radius 1 is 1.11 bits per heavy atom. The van der Waals surface area contributed by atoms with E-state index in [-0.39, 0.29) is 18.0 Å². The number of amides is 2. The van der Waals surface area contributed by atoms with E-state index in [0.717, 1.165) is 43.9 Å². The molecule has 2 aliphatic rings. The second-order valence-electron chi connectivity index (χ2n) is 8.27. The average Bonchev–Trinajstić information content (AvgIpc) is 3.11. The van der Waals surface area contributed by atoms with Gasteiger partial charge < -0.3 is 19.4 Å². The van der Waals surface area contributed by atoms with Crippen molar-refractivity contribution >= 4 is 17.8 Å². The number of hydrogen-bond acceptors (Lipinski definition) is 5. The summed E-state index contributed by atoms with van der Waals surface area (Å²) < 4.78 is 5.44. The van der Waals surface area contributed by atoms with Gasteiger partial charge >= 0.3 is 6.09 Å². The van der Waals surface area contributed by atoms with Gasteiger partial charge in [-0.3, -0.25) is 4.79 Å². The molecule has 2 amide bonds. The van der Waals surface area contributed by atoms with Crippen molar-refractivity contribution in [3.8, 4) is 0 Å². The highest BCUT2D eigenvalue weighted by molar-refractivity contribution is 5.74. The smallest absolute Gasteiger partial charge is 0.410 e. The molecule has 0 spiro atoms. The fraction of sp³-hybridized carbons (Fsp3) is 0.650. The highest BCUT2D eigenvalue weighted by Gasteiger charge is 2.29. The van der Waals surface area contributed by atoms with Crippen molar-refractivity contribution in [1.82, 2.24) is 14.8 Å². The van der Waals surface area contributed by atoms with E-state index in [1.165, 1.54) is 0 Å². The molecule has 1 aromatic heterocycles. The number of carbonyl (C=O) groups excluding carboxylic acids is 2. The Morgan fingerprint density at radius 3 is 2.37 bits per heavy atom. The molecule has 2 aliphatic heterocycles. The first-order valence-electron chi connectivity index (χ1n) is 9.70. The van der Waals surface area contributed by atoms with E-state index in [4.69, 9.17) is 4.74 Å². The summed E-state index contributed by atoms with van der Waals surface area (Å²) in [5.74, 6) is 1.04. The topological polar surface area (TPSA) is 66.0 Å². The molecule has 2 saturated heterocycles. The van der Waals surface area contributed by atoms with Crippen molar-refractivity contribution < 1.29 is 14.3 Å². The standard InChI is InChI=1S/C20H30N4O3/c1-15(25)24-9-5-6-17(24)16-7-8-18(21-14-16)22-10-12-23(13-11-22)19(26)27-20(2,3)4/h7-8,14,17H,5-6,9-13H2,1-4H3/t17-/m0/s1.